The van der Waals surface area contributed by atoms with Crippen LogP contribution in [0.15, 0.2) is 0 Å². The molecular formula is C5H4N2O5. The maximum absolute atomic E-state index is 10.7. The molecule has 1 rings (SSSR count). The monoisotopic (exact) mass is 172 g/mol. The summed E-state index contributed by atoms with van der Waals surface area (Å²) in [5, 5.41) is 9.87. The number of hydrogen-bond donors (Lipinski definition) is 2. The zero-order chi connectivity index (χ0) is 9.30. The van der Waals surface area contributed by atoms with Gasteiger partial charge in [-0.25, -0.2) is 9.69 Å². The zero-order valence-corrected chi connectivity index (χ0v) is 5.73. The summed E-state index contributed by atoms with van der Waals surface area (Å²) in [4.78, 5) is 42.2. The van der Waals surface area contributed by atoms with E-state index in [2.05, 4.69) is 0 Å². The minimum Gasteiger partial charge on any atom is -0.480 e. The fourth-order valence-electron chi connectivity index (χ4n) is 0.712. The SMILES string of the molecule is O=C(O)CN1C(=O)NC(=O)C1=O. The second kappa shape index (κ2) is 2.61. The van der Waals surface area contributed by atoms with Gasteiger partial charge in [-0.2, -0.15) is 0 Å². The van der Waals surface area contributed by atoms with Crippen LogP contribution in [-0.2, 0) is 14.4 Å². The summed E-state index contributed by atoms with van der Waals surface area (Å²) < 4.78 is 0. The summed E-state index contributed by atoms with van der Waals surface area (Å²) in [5.74, 6) is -3.59. The number of carbonyl (C=O) groups is 4. The minimum atomic E-state index is -1.35. The van der Waals surface area contributed by atoms with Crippen molar-refractivity contribution in [1.82, 2.24) is 10.2 Å². The zero-order valence-electron chi connectivity index (χ0n) is 5.73. The molecule has 4 amide bonds. The Hall–Kier alpha value is -1.92. The fourth-order valence-corrected chi connectivity index (χ4v) is 0.712. The van der Waals surface area contributed by atoms with Crippen LogP contribution in [0.1, 0.15) is 0 Å². The third-order valence-electron chi connectivity index (χ3n) is 1.20. The molecule has 0 radical (unpaired) electrons. The maximum atomic E-state index is 10.7. The maximum Gasteiger partial charge on any atom is 0.332 e. The van der Waals surface area contributed by atoms with Crippen molar-refractivity contribution in [3.8, 4) is 0 Å². The number of carboxylic acids is 1. The third kappa shape index (κ3) is 1.24. The molecule has 2 N–H and O–H groups in total. The largest absolute Gasteiger partial charge is 0.480 e. The number of rotatable bonds is 2. The number of urea groups is 1. The van der Waals surface area contributed by atoms with Crippen LogP contribution in [0, 0.1) is 0 Å². The van der Waals surface area contributed by atoms with E-state index < -0.39 is 30.4 Å². The van der Waals surface area contributed by atoms with Crippen molar-refractivity contribution < 1.29 is 24.3 Å². The molecule has 0 saturated carbocycles. The molecule has 64 valence electrons. The van der Waals surface area contributed by atoms with Crippen LogP contribution in [0.2, 0.25) is 0 Å². The van der Waals surface area contributed by atoms with Crippen LogP contribution >= 0.6 is 0 Å². The summed E-state index contributed by atoms with van der Waals surface area (Å²) in [6.45, 7) is -0.795. The van der Waals surface area contributed by atoms with Gasteiger partial charge >= 0.3 is 23.8 Å². The first-order valence-corrected chi connectivity index (χ1v) is 2.91. The molecule has 7 heteroatoms. The molecular weight excluding hydrogens is 168 g/mol. The summed E-state index contributed by atoms with van der Waals surface area (Å²) in [6, 6.07) is -0.993. The lowest BCUT2D eigenvalue weighted by Crippen LogP contribution is -2.35. The van der Waals surface area contributed by atoms with Gasteiger partial charge in [0, 0.05) is 0 Å². The number of carboxylic acid groups (broad SMARTS) is 1. The van der Waals surface area contributed by atoms with Crippen molar-refractivity contribution in [2.45, 2.75) is 0 Å². The highest BCUT2D eigenvalue weighted by atomic mass is 16.4. The summed E-state index contributed by atoms with van der Waals surface area (Å²) in [6.07, 6.45) is 0. The van der Waals surface area contributed by atoms with Crippen LogP contribution in [-0.4, -0.2) is 40.4 Å². The fraction of sp³-hybridized carbons (Fsp3) is 0.200. The van der Waals surface area contributed by atoms with Gasteiger partial charge in [0.15, 0.2) is 0 Å². The smallest absolute Gasteiger partial charge is 0.332 e. The molecule has 0 aromatic carbocycles. The van der Waals surface area contributed by atoms with Crippen molar-refractivity contribution in [2.24, 2.45) is 0 Å². The van der Waals surface area contributed by atoms with Crippen molar-refractivity contribution in [1.29, 1.82) is 0 Å². The lowest BCUT2D eigenvalue weighted by molar-refractivity contribution is -0.144. The predicted octanol–water partition coefficient (Wildman–Crippen LogP) is -1.85. The van der Waals surface area contributed by atoms with Crippen LogP contribution in [0.25, 0.3) is 0 Å². The first-order chi connectivity index (χ1) is 5.52. The number of hydrogen-bond acceptors (Lipinski definition) is 4. The number of nitrogens with zero attached hydrogens (tertiary/aromatic N) is 1. The summed E-state index contributed by atoms with van der Waals surface area (Å²) >= 11 is 0. The molecule has 0 unspecified atom stereocenters. The standard InChI is InChI=1S/C5H4N2O5/c8-2(9)1-7-4(11)3(10)6-5(7)12/h1H2,(H,8,9)(H,6,10,12). The normalized spacial score (nSPS) is 16.7. The second-order valence-corrected chi connectivity index (χ2v) is 2.04. The van der Waals surface area contributed by atoms with Gasteiger partial charge < -0.3 is 5.11 Å². The second-order valence-electron chi connectivity index (χ2n) is 2.04. The quantitative estimate of drug-likeness (QED) is 0.376. The Kier molecular flexibility index (Phi) is 1.78. The van der Waals surface area contributed by atoms with Gasteiger partial charge in [-0.05, 0) is 0 Å². The third-order valence-corrected chi connectivity index (χ3v) is 1.20. The van der Waals surface area contributed by atoms with Crippen molar-refractivity contribution >= 4 is 23.8 Å². The number of imide groups is 2. The van der Waals surface area contributed by atoms with Gasteiger partial charge in [-0.1, -0.05) is 0 Å². The molecule has 0 bridgehead atoms. The van der Waals surface area contributed by atoms with Crippen molar-refractivity contribution in [3.05, 3.63) is 0 Å². The van der Waals surface area contributed by atoms with E-state index in [1.165, 1.54) is 0 Å². The first kappa shape index (κ1) is 8.18. The molecule has 1 fully saturated rings. The number of nitrogens with one attached hydrogen (secondary N) is 1. The molecule has 1 saturated heterocycles. The van der Waals surface area contributed by atoms with Crippen molar-refractivity contribution in [2.75, 3.05) is 6.54 Å². The highest BCUT2D eigenvalue weighted by Gasteiger charge is 2.37. The van der Waals surface area contributed by atoms with Crippen LogP contribution < -0.4 is 5.32 Å². The summed E-state index contributed by atoms with van der Waals surface area (Å²) in [7, 11) is 0. The highest BCUT2D eigenvalue weighted by molar-refractivity contribution is 6.45. The van der Waals surface area contributed by atoms with Gasteiger partial charge in [0.05, 0.1) is 0 Å². The molecule has 1 aliphatic rings. The highest BCUT2D eigenvalue weighted by Crippen LogP contribution is 1.98. The molecule has 0 spiro atoms. The van der Waals surface area contributed by atoms with Crippen LogP contribution in [0.5, 0.6) is 0 Å². The van der Waals surface area contributed by atoms with E-state index in [-0.39, 0.29) is 0 Å². The Morgan fingerprint density at radius 3 is 2.33 bits per heavy atom. The average molecular weight is 172 g/mol. The van der Waals surface area contributed by atoms with Gasteiger partial charge in [0.2, 0.25) is 0 Å². The van der Waals surface area contributed by atoms with Gasteiger partial charge in [-0.15, -0.1) is 0 Å². The molecule has 1 heterocycles. The van der Waals surface area contributed by atoms with E-state index in [9.17, 15) is 19.2 Å². The van der Waals surface area contributed by atoms with E-state index in [0.717, 1.165) is 0 Å². The lowest BCUT2D eigenvalue weighted by Gasteiger charge is -2.05. The Labute approximate surface area is 65.9 Å². The van der Waals surface area contributed by atoms with E-state index >= 15 is 0 Å². The molecule has 12 heavy (non-hydrogen) atoms. The number of aliphatic carboxylic acids is 1. The topological polar surface area (TPSA) is 104 Å². The van der Waals surface area contributed by atoms with E-state index in [0.29, 0.717) is 4.90 Å². The van der Waals surface area contributed by atoms with Crippen LogP contribution in [0.3, 0.4) is 0 Å². The Balaban J connectivity index is 2.77. The predicted molar refractivity (Wildman–Crippen MR) is 32.9 cm³/mol. The number of amides is 4. The van der Waals surface area contributed by atoms with E-state index in [1.807, 2.05) is 0 Å². The Bertz CT molecular complexity index is 284. The average Bonchev–Trinajstić information content (AvgIpc) is 2.16. The lowest BCUT2D eigenvalue weighted by atomic mass is 10.5. The van der Waals surface area contributed by atoms with Gasteiger partial charge in [0.1, 0.15) is 6.54 Å². The minimum absolute atomic E-state index is 0.324. The van der Waals surface area contributed by atoms with E-state index in [4.69, 9.17) is 5.11 Å². The summed E-state index contributed by atoms with van der Waals surface area (Å²) in [5.41, 5.74) is 0. The molecule has 1 aliphatic heterocycles. The molecule has 7 nitrogen and oxygen atoms in total. The van der Waals surface area contributed by atoms with E-state index in [1.54, 1.807) is 5.32 Å². The molecule has 0 aromatic heterocycles. The van der Waals surface area contributed by atoms with Crippen LogP contribution in [0.4, 0.5) is 4.79 Å². The van der Waals surface area contributed by atoms with Crippen molar-refractivity contribution in [3.63, 3.8) is 0 Å². The molecule has 0 aliphatic carbocycles. The Morgan fingerprint density at radius 2 is 2.00 bits per heavy atom. The van der Waals surface area contributed by atoms with Gasteiger partial charge in [0.25, 0.3) is 0 Å². The Morgan fingerprint density at radius 1 is 1.42 bits per heavy atom. The number of carbonyl (C=O) groups excluding carboxylic acids is 3. The molecule has 0 aromatic rings. The van der Waals surface area contributed by atoms with Gasteiger partial charge in [-0.3, -0.25) is 19.7 Å². The first-order valence-electron chi connectivity index (χ1n) is 2.91. The molecule has 0 atom stereocenters.